The Hall–Kier alpha value is -1.80. The number of hydrogen-bond donors (Lipinski definition) is 10. The zero-order valence-corrected chi connectivity index (χ0v) is 34.4. The number of carbonyl (C=O) groups excluding carboxylic acids is 1. The van der Waals surface area contributed by atoms with E-state index in [0.29, 0.717) is 57.8 Å². The SMILES string of the molecule is C[C@@H]1CC[C@@]2(C(=O)O[C@H]3O[C@@H](CO[C@@H]4O[C@H](CO)[C@H](O)[C@H](O)[C@@H]4O)[C@H](O)[C@@H](O)[C@@H]3O)CC[C@@]3(C)C(=CC[C@@H]4[C@]5(C)CC[C@H](O)[C@@](C)(C(=O)O)[C@@H]5CC[C@@]43C)[C@@H]2[C@]1(C)O. The first-order valence-electron chi connectivity index (χ1n) is 21.1. The van der Waals surface area contributed by atoms with Crippen molar-refractivity contribution in [3.05, 3.63) is 11.6 Å². The van der Waals surface area contributed by atoms with Crippen LogP contribution in [0.4, 0.5) is 0 Å². The average molecular weight is 827 g/mol. The van der Waals surface area contributed by atoms with Gasteiger partial charge in [0.05, 0.1) is 35.7 Å². The number of carboxylic acids is 1. The van der Waals surface area contributed by atoms with E-state index in [2.05, 4.69) is 26.8 Å². The third kappa shape index (κ3) is 6.13. The van der Waals surface area contributed by atoms with Gasteiger partial charge in [-0.25, -0.2) is 0 Å². The van der Waals surface area contributed by atoms with Gasteiger partial charge in [-0.3, -0.25) is 9.59 Å². The molecule has 0 aromatic heterocycles. The van der Waals surface area contributed by atoms with E-state index < -0.39 is 120 Å². The van der Waals surface area contributed by atoms with Crippen LogP contribution in [0.5, 0.6) is 0 Å². The molecule has 0 bridgehead atoms. The number of ether oxygens (including phenoxy) is 4. The molecule has 4 saturated carbocycles. The van der Waals surface area contributed by atoms with Crippen molar-refractivity contribution < 1.29 is 79.6 Å². The molecule has 330 valence electrons. The molecular formula is C42H66O16. The Morgan fingerprint density at radius 2 is 1.38 bits per heavy atom. The fourth-order valence-corrected chi connectivity index (χ4v) is 13.6. The molecule has 0 spiro atoms. The molecule has 16 nitrogen and oxygen atoms in total. The smallest absolute Gasteiger partial charge is 0.315 e. The van der Waals surface area contributed by atoms with Crippen LogP contribution in [-0.4, -0.2) is 149 Å². The van der Waals surface area contributed by atoms with Crippen LogP contribution < -0.4 is 0 Å². The molecule has 16 heteroatoms. The van der Waals surface area contributed by atoms with Gasteiger partial charge in [0.25, 0.3) is 0 Å². The molecule has 0 amide bonds. The van der Waals surface area contributed by atoms with E-state index in [9.17, 15) is 60.7 Å². The van der Waals surface area contributed by atoms with Gasteiger partial charge in [-0.2, -0.15) is 0 Å². The molecule has 0 unspecified atom stereocenters. The molecule has 2 saturated heterocycles. The van der Waals surface area contributed by atoms with Crippen LogP contribution in [0.2, 0.25) is 0 Å². The zero-order chi connectivity index (χ0) is 42.7. The maximum atomic E-state index is 14.9. The highest BCUT2D eigenvalue weighted by Crippen LogP contribution is 2.76. The van der Waals surface area contributed by atoms with Crippen LogP contribution in [0.3, 0.4) is 0 Å². The van der Waals surface area contributed by atoms with Gasteiger partial charge >= 0.3 is 11.9 Å². The summed E-state index contributed by atoms with van der Waals surface area (Å²) < 4.78 is 22.8. The molecule has 0 aromatic rings. The van der Waals surface area contributed by atoms with Crippen LogP contribution in [-0.2, 0) is 28.5 Å². The Bertz CT molecular complexity index is 1620. The highest BCUT2D eigenvalue weighted by Gasteiger charge is 2.73. The first-order chi connectivity index (χ1) is 27.0. The van der Waals surface area contributed by atoms with Crippen molar-refractivity contribution in [1.82, 2.24) is 0 Å². The van der Waals surface area contributed by atoms with Gasteiger partial charge in [-0.05, 0) is 106 Å². The molecule has 2 aliphatic heterocycles. The third-order valence-corrected chi connectivity index (χ3v) is 17.7. The predicted molar refractivity (Wildman–Crippen MR) is 201 cm³/mol. The van der Waals surface area contributed by atoms with Crippen LogP contribution in [0.25, 0.3) is 0 Å². The topological polar surface area (TPSA) is 273 Å². The largest absolute Gasteiger partial charge is 0.481 e. The second-order valence-corrected chi connectivity index (χ2v) is 20.1. The molecule has 58 heavy (non-hydrogen) atoms. The maximum absolute atomic E-state index is 14.9. The number of esters is 1. The summed E-state index contributed by atoms with van der Waals surface area (Å²) in [5.41, 5.74) is -4.16. The normalized spacial score (nSPS) is 55.5. The maximum Gasteiger partial charge on any atom is 0.315 e. The summed E-state index contributed by atoms with van der Waals surface area (Å²) in [5.74, 6) is -2.77. The molecule has 5 aliphatic carbocycles. The Balaban J connectivity index is 1.16. The number of fused-ring (bicyclic) bond motifs is 7. The van der Waals surface area contributed by atoms with Gasteiger partial charge in [0.1, 0.15) is 48.8 Å². The van der Waals surface area contributed by atoms with E-state index in [1.54, 1.807) is 13.8 Å². The summed E-state index contributed by atoms with van der Waals surface area (Å²) in [7, 11) is 0. The highest BCUT2D eigenvalue weighted by atomic mass is 16.7. The number of aliphatic hydroxyl groups excluding tert-OH is 8. The monoisotopic (exact) mass is 826 g/mol. The molecule has 7 rings (SSSR count). The van der Waals surface area contributed by atoms with Crippen molar-refractivity contribution in [3.63, 3.8) is 0 Å². The molecular weight excluding hydrogens is 760 g/mol. The molecule has 10 N–H and O–H groups in total. The Morgan fingerprint density at radius 1 is 0.759 bits per heavy atom. The number of hydrogen-bond acceptors (Lipinski definition) is 15. The first-order valence-corrected chi connectivity index (χ1v) is 21.1. The van der Waals surface area contributed by atoms with Crippen molar-refractivity contribution in [2.75, 3.05) is 13.2 Å². The Morgan fingerprint density at radius 3 is 2.02 bits per heavy atom. The molecule has 21 atom stereocenters. The average Bonchev–Trinajstić information content (AvgIpc) is 3.17. The number of carboxylic acid groups (broad SMARTS) is 1. The number of rotatable bonds is 7. The summed E-state index contributed by atoms with van der Waals surface area (Å²) in [6, 6.07) is 0. The zero-order valence-electron chi connectivity index (χ0n) is 34.4. The van der Waals surface area contributed by atoms with Crippen molar-refractivity contribution in [1.29, 1.82) is 0 Å². The number of aliphatic hydroxyl groups is 9. The molecule has 0 aromatic carbocycles. The van der Waals surface area contributed by atoms with Crippen LogP contribution in [0.1, 0.15) is 99.3 Å². The van der Waals surface area contributed by atoms with Crippen molar-refractivity contribution in [2.45, 2.75) is 172 Å². The van der Waals surface area contributed by atoms with E-state index in [-0.39, 0.29) is 28.6 Å². The lowest BCUT2D eigenvalue weighted by Crippen LogP contribution is -2.69. The van der Waals surface area contributed by atoms with E-state index in [1.165, 1.54) is 0 Å². The number of allylic oxidation sites excluding steroid dienone is 1. The molecule has 2 heterocycles. The summed E-state index contributed by atoms with van der Waals surface area (Å²) >= 11 is 0. The summed E-state index contributed by atoms with van der Waals surface area (Å²) in [6.07, 6.45) is -10.6. The van der Waals surface area contributed by atoms with Gasteiger partial charge in [-0.1, -0.05) is 39.3 Å². The van der Waals surface area contributed by atoms with Crippen LogP contribution >= 0.6 is 0 Å². The van der Waals surface area contributed by atoms with Crippen LogP contribution in [0, 0.1) is 50.7 Å². The highest BCUT2D eigenvalue weighted by molar-refractivity contribution is 5.79. The fraction of sp³-hybridized carbons (Fsp3) is 0.905. The fourth-order valence-electron chi connectivity index (χ4n) is 13.6. The minimum absolute atomic E-state index is 0.0740. The second kappa shape index (κ2) is 14.9. The van der Waals surface area contributed by atoms with E-state index in [4.69, 9.17) is 18.9 Å². The van der Waals surface area contributed by atoms with Gasteiger partial charge in [0.2, 0.25) is 6.29 Å². The third-order valence-electron chi connectivity index (χ3n) is 17.7. The van der Waals surface area contributed by atoms with Crippen molar-refractivity contribution in [2.24, 2.45) is 50.7 Å². The number of carbonyl (C=O) groups is 2. The van der Waals surface area contributed by atoms with Gasteiger partial charge < -0.3 is 70.0 Å². The van der Waals surface area contributed by atoms with Crippen molar-refractivity contribution in [3.8, 4) is 0 Å². The lowest BCUT2D eigenvalue weighted by Gasteiger charge is -2.71. The summed E-state index contributed by atoms with van der Waals surface area (Å²) in [5, 5.41) is 107. The second-order valence-electron chi connectivity index (χ2n) is 20.1. The summed E-state index contributed by atoms with van der Waals surface area (Å²) in [4.78, 5) is 27.7. The Labute approximate surface area is 339 Å². The molecule has 0 radical (unpaired) electrons. The standard InChI is InChI=1S/C42H66O16/c1-19-9-14-42(36(53)58-34-31(50)29(48)27(46)22(57-34)18-55-33-30(49)28(47)26(45)21(17-43)56-33)16-15-38(3)20(32(42)41(19,6)54)7-8-23-37(2)12-11-25(44)40(5,35(51)52)24(37)10-13-39(23,38)4/h7,19,21-34,43-50,54H,8-18H2,1-6H3,(H,51,52)/t19-,21-,22+,23-,24-,25+,26+,27+,28+,29-,30+,31+,32-,33-,34-,37+,38+,39+,40+,41-,42-/m1/s1. The minimum Gasteiger partial charge on any atom is -0.481 e. The van der Waals surface area contributed by atoms with E-state index in [1.807, 2.05) is 6.92 Å². The lowest BCUT2D eigenvalue weighted by molar-refractivity contribution is -0.329. The Kier molecular flexibility index (Phi) is 11.4. The molecule has 6 fully saturated rings. The quantitative estimate of drug-likeness (QED) is 0.123. The summed E-state index contributed by atoms with van der Waals surface area (Å²) in [6.45, 7) is 10.8. The number of aliphatic carboxylic acids is 1. The first kappa shape index (κ1) is 44.3. The predicted octanol–water partition coefficient (Wildman–Crippen LogP) is 0.352. The lowest BCUT2D eigenvalue weighted by atomic mass is 9.33. The van der Waals surface area contributed by atoms with Gasteiger partial charge in [-0.15, -0.1) is 0 Å². The van der Waals surface area contributed by atoms with E-state index in [0.717, 1.165) is 5.57 Å². The van der Waals surface area contributed by atoms with Gasteiger partial charge in [0.15, 0.2) is 6.29 Å². The van der Waals surface area contributed by atoms with Gasteiger partial charge in [0, 0.05) is 5.92 Å². The van der Waals surface area contributed by atoms with Crippen LogP contribution in [0.15, 0.2) is 11.6 Å². The van der Waals surface area contributed by atoms with E-state index >= 15 is 0 Å². The molecule has 7 aliphatic rings. The van der Waals surface area contributed by atoms with Crippen molar-refractivity contribution >= 4 is 11.9 Å². The minimum atomic E-state index is -1.87.